The first-order valence-electron chi connectivity index (χ1n) is 8.08. The van der Waals surface area contributed by atoms with E-state index >= 15 is 0 Å². The molecule has 3 rings (SSSR count). The van der Waals surface area contributed by atoms with Crippen molar-refractivity contribution >= 4 is 11.9 Å². The SMILES string of the molecule is CC(C)C1(C(=O)O)CCN(C(=O)c2ccc3c(c2)CCC3)C1. The maximum absolute atomic E-state index is 12.7. The van der Waals surface area contributed by atoms with Crippen LogP contribution in [0.2, 0.25) is 0 Å². The average molecular weight is 301 g/mol. The van der Waals surface area contributed by atoms with Crippen LogP contribution in [0.3, 0.4) is 0 Å². The zero-order valence-electron chi connectivity index (χ0n) is 13.3. The third-order valence-electron chi connectivity index (χ3n) is 5.46. The molecule has 1 saturated heterocycles. The number of aliphatic carboxylic acids is 1. The molecule has 0 radical (unpaired) electrons. The molecule has 0 spiro atoms. The lowest BCUT2D eigenvalue weighted by Gasteiger charge is -2.28. The van der Waals surface area contributed by atoms with Crippen LogP contribution in [0.25, 0.3) is 0 Å². The Balaban J connectivity index is 1.81. The minimum absolute atomic E-state index is 0.0165. The summed E-state index contributed by atoms with van der Waals surface area (Å²) in [6.07, 6.45) is 3.84. The Bertz CT molecular complexity index is 623. The van der Waals surface area contributed by atoms with Gasteiger partial charge in [-0.2, -0.15) is 0 Å². The van der Waals surface area contributed by atoms with Crippen molar-refractivity contribution in [1.82, 2.24) is 4.90 Å². The summed E-state index contributed by atoms with van der Waals surface area (Å²) in [6.45, 7) is 4.70. The lowest BCUT2D eigenvalue weighted by molar-refractivity contribution is -0.150. The van der Waals surface area contributed by atoms with Gasteiger partial charge in [0.25, 0.3) is 5.91 Å². The van der Waals surface area contributed by atoms with Crippen molar-refractivity contribution in [2.45, 2.75) is 39.5 Å². The topological polar surface area (TPSA) is 57.6 Å². The van der Waals surface area contributed by atoms with Gasteiger partial charge in [-0.1, -0.05) is 19.9 Å². The lowest BCUT2D eigenvalue weighted by atomic mass is 9.76. The van der Waals surface area contributed by atoms with Crippen molar-refractivity contribution < 1.29 is 14.7 Å². The van der Waals surface area contributed by atoms with Gasteiger partial charge in [-0.05, 0) is 54.9 Å². The number of rotatable bonds is 3. The Morgan fingerprint density at radius 3 is 2.59 bits per heavy atom. The van der Waals surface area contributed by atoms with Crippen LogP contribution in [-0.2, 0) is 17.6 Å². The van der Waals surface area contributed by atoms with Gasteiger partial charge in [-0.3, -0.25) is 9.59 Å². The Hall–Kier alpha value is -1.84. The summed E-state index contributed by atoms with van der Waals surface area (Å²) in [7, 11) is 0. The third kappa shape index (κ3) is 2.31. The maximum Gasteiger partial charge on any atom is 0.311 e. The van der Waals surface area contributed by atoms with E-state index in [-0.39, 0.29) is 11.8 Å². The second-order valence-corrected chi connectivity index (χ2v) is 6.93. The Labute approximate surface area is 131 Å². The van der Waals surface area contributed by atoms with E-state index in [9.17, 15) is 14.7 Å². The smallest absolute Gasteiger partial charge is 0.311 e. The van der Waals surface area contributed by atoms with E-state index in [0.29, 0.717) is 25.1 Å². The second kappa shape index (κ2) is 5.41. The van der Waals surface area contributed by atoms with Gasteiger partial charge < -0.3 is 10.0 Å². The molecule has 1 aliphatic carbocycles. The number of hydrogen-bond acceptors (Lipinski definition) is 2. The van der Waals surface area contributed by atoms with Gasteiger partial charge in [0.2, 0.25) is 0 Å². The second-order valence-electron chi connectivity index (χ2n) is 6.93. The van der Waals surface area contributed by atoms with E-state index in [1.54, 1.807) is 4.90 Å². The predicted molar refractivity (Wildman–Crippen MR) is 83.9 cm³/mol. The molecule has 1 unspecified atom stereocenters. The Morgan fingerprint density at radius 1 is 1.23 bits per heavy atom. The van der Waals surface area contributed by atoms with Crippen molar-refractivity contribution in [2.24, 2.45) is 11.3 Å². The van der Waals surface area contributed by atoms with Crippen molar-refractivity contribution in [2.75, 3.05) is 13.1 Å². The summed E-state index contributed by atoms with van der Waals surface area (Å²) in [5.74, 6) is -0.798. The Kier molecular flexibility index (Phi) is 3.71. The van der Waals surface area contributed by atoms with E-state index in [1.807, 2.05) is 26.0 Å². The lowest BCUT2D eigenvalue weighted by Crippen LogP contribution is -2.40. The molecule has 1 aliphatic heterocycles. The van der Waals surface area contributed by atoms with Gasteiger partial charge in [0.15, 0.2) is 0 Å². The first-order chi connectivity index (χ1) is 10.4. The molecule has 0 saturated carbocycles. The van der Waals surface area contributed by atoms with Gasteiger partial charge in [-0.25, -0.2) is 0 Å². The molecule has 1 N–H and O–H groups in total. The van der Waals surface area contributed by atoms with Gasteiger partial charge in [0.05, 0.1) is 5.41 Å². The molecule has 0 bridgehead atoms. The highest BCUT2D eigenvalue weighted by Crippen LogP contribution is 2.38. The van der Waals surface area contributed by atoms with Crippen LogP contribution in [0.5, 0.6) is 0 Å². The van der Waals surface area contributed by atoms with Crippen molar-refractivity contribution in [1.29, 1.82) is 0 Å². The van der Waals surface area contributed by atoms with Crippen LogP contribution in [0.15, 0.2) is 18.2 Å². The van der Waals surface area contributed by atoms with Gasteiger partial charge in [0, 0.05) is 18.7 Å². The molecule has 1 heterocycles. The summed E-state index contributed by atoms with van der Waals surface area (Å²) >= 11 is 0. The van der Waals surface area contributed by atoms with Crippen molar-refractivity contribution in [3.05, 3.63) is 34.9 Å². The number of fused-ring (bicyclic) bond motifs is 1. The fourth-order valence-corrected chi connectivity index (χ4v) is 3.79. The van der Waals surface area contributed by atoms with E-state index in [2.05, 4.69) is 6.07 Å². The number of carbonyl (C=O) groups is 2. The molecule has 1 aromatic rings. The fraction of sp³-hybridized carbons (Fsp3) is 0.556. The molecule has 4 heteroatoms. The molecule has 118 valence electrons. The summed E-state index contributed by atoms with van der Waals surface area (Å²) in [4.78, 5) is 26.1. The van der Waals surface area contributed by atoms with Crippen LogP contribution in [0.4, 0.5) is 0 Å². The molecular formula is C18H23NO3. The van der Waals surface area contributed by atoms with Crippen LogP contribution in [0, 0.1) is 11.3 Å². The van der Waals surface area contributed by atoms with Gasteiger partial charge in [0.1, 0.15) is 0 Å². The highest BCUT2D eigenvalue weighted by atomic mass is 16.4. The minimum Gasteiger partial charge on any atom is -0.481 e. The number of hydrogen-bond donors (Lipinski definition) is 1. The molecule has 2 aliphatic rings. The highest BCUT2D eigenvalue weighted by molar-refractivity contribution is 5.95. The predicted octanol–water partition coefficient (Wildman–Crippen LogP) is 2.75. The molecule has 1 amide bonds. The average Bonchev–Trinajstić information content (AvgIpc) is 3.13. The van der Waals surface area contributed by atoms with E-state index < -0.39 is 11.4 Å². The summed E-state index contributed by atoms with van der Waals surface area (Å²) < 4.78 is 0. The molecule has 1 aromatic carbocycles. The maximum atomic E-state index is 12.7. The number of likely N-dealkylation sites (tertiary alicyclic amines) is 1. The first kappa shape index (κ1) is 15.1. The van der Waals surface area contributed by atoms with Crippen LogP contribution < -0.4 is 0 Å². The van der Waals surface area contributed by atoms with Gasteiger partial charge >= 0.3 is 5.97 Å². The molecule has 22 heavy (non-hydrogen) atoms. The summed E-state index contributed by atoms with van der Waals surface area (Å²) in [5.41, 5.74) is 2.52. The Morgan fingerprint density at radius 2 is 1.95 bits per heavy atom. The van der Waals surface area contributed by atoms with Crippen molar-refractivity contribution in [3.8, 4) is 0 Å². The monoisotopic (exact) mass is 301 g/mol. The van der Waals surface area contributed by atoms with Crippen molar-refractivity contribution in [3.63, 3.8) is 0 Å². The zero-order chi connectivity index (χ0) is 15.9. The number of carbonyl (C=O) groups excluding carboxylic acids is 1. The standard InChI is InChI=1S/C18H23NO3/c1-12(2)18(17(21)22)8-9-19(11-18)16(20)15-7-6-13-4-3-5-14(13)10-15/h6-7,10,12H,3-5,8-9,11H2,1-2H3,(H,21,22). The van der Waals surface area contributed by atoms with Crippen LogP contribution in [-0.4, -0.2) is 35.0 Å². The number of amides is 1. The fourth-order valence-electron chi connectivity index (χ4n) is 3.79. The summed E-state index contributed by atoms with van der Waals surface area (Å²) in [6, 6.07) is 5.95. The molecule has 0 aromatic heterocycles. The molecule has 1 atom stereocenters. The number of benzene rings is 1. The van der Waals surface area contributed by atoms with Crippen LogP contribution >= 0.6 is 0 Å². The minimum atomic E-state index is -0.799. The number of carboxylic acid groups (broad SMARTS) is 1. The number of nitrogens with zero attached hydrogens (tertiary/aromatic N) is 1. The number of aryl methyl sites for hydroxylation is 2. The largest absolute Gasteiger partial charge is 0.481 e. The van der Waals surface area contributed by atoms with E-state index in [4.69, 9.17) is 0 Å². The number of carboxylic acids is 1. The van der Waals surface area contributed by atoms with Crippen LogP contribution in [0.1, 0.15) is 48.2 Å². The third-order valence-corrected chi connectivity index (χ3v) is 5.46. The van der Waals surface area contributed by atoms with E-state index in [0.717, 1.165) is 19.3 Å². The van der Waals surface area contributed by atoms with E-state index in [1.165, 1.54) is 11.1 Å². The molecular weight excluding hydrogens is 278 g/mol. The zero-order valence-corrected chi connectivity index (χ0v) is 13.3. The normalized spacial score (nSPS) is 23.9. The van der Waals surface area contributed by atoms with Gasteiger partial charge in [-0.15, -0.1) is 0 Å². The molecule has 4 nitrogen and oxygen atoms in total. The highest BCUT2D eigenvalue weighted by Gasteiger charge is 2.48. The first-order valence-corrected chi connectivity index (χ1v) is 8.08. The summed E-state index contributed by atoms with van der Waals surface area (Å²) in [5, 5.41) is 9.59. The quantitative estimate of drug-likeness (QED) is 0.934. The molecule has 1 fully saturated rings.